The molecule has 2 aliphatic rings. The van der Waals surface area contributed by atoms with Gasteiger partial charge < -0.3 is 9.80 Å². The van der Waals surface area contributed by atoms with E-state index in [0.29, 0.717) is 0 Å². The van der Waals surface area contributed by atoms with E-state index in [1.165, 1.54) is 77.8 Å². The third-order valence-corrected chi connectivity index (χ3v) is 12.5. The molecule has 0 amide bonds. The molecule has 0 unspecified atom stereocenters. The maximum absolute atomic E-state index is 2.45. The quantitative estimate of drug-likeness (QED) is 0.152. The molecule has 0 aliphatic heterocycles. The van der Waals surface area contributed by atoms with Crippen LogP contribution in [-0.4, -0.2) is 0 Å². The van der Waals surface area contributed by atoms with Crippen LogP contribution in [0, 0.1) is 0 Å². The molecule has 2 heteroatoms. The Labute approximate surface area is 353 Å². The van der Waals surface area contributed by atoms with Crippen molar-refractivity contribution < 1.29 is 0 Å². The van der Waals surface area contributed by atoms with Gasteiger partial charge in [0.15, 0.2) is 0 Å². The van der Waals surface area contributed by atoms with Gasteiger partial charge in [0.25, 0.3) is 0 Å². The summed E-state index contributed by atoms with van der Waals surface area (Å²) in [7, 11) is 0. The third-order valence-electron chi connectivity index (χ3n) is 12.5. The van der Waals surface area contributed by atoms with Crippen LogP contribution in [0.3, 0.4) is 0 Å². The molecule has 286 valence electrons. The molecular weight excluding hydrogens is 725 g/mol. The van der Waals surface area contributed by atoms with Crippen LogP contribution in [0.1, 0.15) is 35.1 Å². The molecule has 0 saturated heterocycles. The van der Waals surface area contributed by atoms with E-state index in [0.717, 1.165) is 48.4 Å². The molecule has 11 rings (SSSR count). The molecule has 0 bridgehead atoms. The maximum atomic E-state index is 2.45. The number of aryl methyl sites for hydroxylation is 2. The highest BCUT2D eigenvalue weighted by molar-refractivity contribution is 5.97. The van der Waals surface area contributed by atoms with Gasteiger partial charge in [-0.15, -0.1) is 0 Å². The van der Waals surface area contributed by atoms with E-state index in [1.807, 2.05) is 0 Å². The van der Waals surface area contributed by atoms with Crippen LogP contribution in [0.5, 0.6) is 0 Å². The van der Waals surface area contributed by atoms with Gasteiger partial charge in [0.2, 0.25) is 0 Å². The number of fused-ring (bicyclic) bond motifs is 5. The topological polar surface area (TPSA) is 6.48 Å². The number of hydrogen-bond donors (Lipinski definition) is 0. The molecule has 0 radical (unpaired) electrons. The fourth-order valence-corrected chi connectivity index (χ4v) is 9.51. The summed E-state index contributed by atoms with van der Waals surface area (Å²) in [5, 5.41) is 2.53. The van der Waals surface area contributed by atoms with E-state index in [9.17, 15) is 0 Å². The minimum atomic E-state index is 1.02. The van der Waals surface area contributed by atoms with Crippen molar-refractivity contribution in [3.05, 3.63) is 241 Å². The van der Waals surface area contributed by atoms with Crippen molar-refractivity contribution in [2.75, 3.05) is 9.80 Å². The van der Waals surface area contributed by atoms with Crippen molar-refractivity contribution in [3.63, 3.8) is 0 Å². The van der Waals surface area contributed by atoms with Gasteiger partial charge in [-0.3, -0.25) is 0 Å². The zero-order chi connectivity index (χ0) is 39.8. The highest BCUT2D eigenvalue weighted by Crippen LogP contribution is 2.47. The molecule has 0 fully saturated rings. The first-order chi connectivity index (χ1) is 29.7. The molecule has 0 spiro atoms. The Morgan fingerprint density at radius 1 is 0.250 bits per heavy atom. The Morgan fingerprint density at radius 2 is 0.633 bits per heavy atom. The van der Waals surface area contributed by atoms with Gasteiger partial charge in [-0.1, -0.05) is 140 Å². The molecule has 60 heavy (non-hydrogen) atoms. The molecule has 0 N–H and O–H groups in total. The maximum Gasteiger partial charge on any atom is 0.0464 e. The lowest BCUT2D eigenvalue weighted by molar-refractivity contribution is 0.918. The SMILES string of the molecule is c1ccc(-c2ccc(N(c3ccccc3)c3ccc4c(c3)CCC3=C4CCc4cc(N(c5ccccc5)c5ccc(-c6ccc7ccccc7c6)cc5)ccc43)cc2)cc1. The number of benzene rings is 9. The lowest BCUT2D eigenvalue weighted by Gasteiger charge is -2.32. The fraction of sp³-hybridized carbons (Fsp3) is 0.0690. The molecule has 0 heterocycles. The van der Waals surface area contributed by atoms with Gasteiger partial charge in [-0.05, 0) is 171 Å². The van der Waals surface area contributed by atoms with Crippen molar-refractivity contribution in [2.24, 2.45) is 0 Å². The molecular formula is C58H44N2. The second kappa shape index (κ2) is 15.4. The standard InChI is InChI=1S/C58H44N2/c1-4-12-41(13-5-1)43-22-28-51(29-23-43)59(49-16-6-2-7-17-49)53-32-36-55-47(39-53)26-34-58-56-37-33-54(40-48(56)27-35-57(55)58)60(50-18-8-3-9-19-50)52-30-24-44(25-31-52)46-21-20-42-14-10-11-15-45(42)38-46/h1-25,28-33,36-40H,26-27,34-35H2. The van der Waals surface area contributed by atoms with Gasteiger partial charge in [0.05, 0.1) is 0 Å². The summed E-state index contributed by atoms with van der Waals surface area (Å²) < 4.78 is 0. The lowest BCUT2D eigenvalue weighted by atomic mass is 9.75. The predicted octanol–water partition coefficient (Wildman–Crippen LogP) is 15.9. The predicted molar refractivity (Wildman–Crippen MR) is 254 cm³/mol. The lowest BCUT2D eigenvalue weighted by Crippen LogP contribution is -2.15. The van der Waals surface area contributed by atoms with Gasteiger partial charge in [0, 0.05) is 34.1 Å². The molecule has 2 aliphatic carbocycles. The van der Waals surface area contributed by atoms with Gasteiger partial charge in [-0.25, -0.2) is 0 Å². The smallest absolute Gasteiger partial charge is 0.0464 e. The zero-order valence-corrected chi connectivity index (χ0v) is 33.5. The van der Waals surface area contributed by atoms with Crippen LogP contribution >= 0.6 is 0 Å². The van der Waals surface area contributed by atoms with Crippen molar-refractivity contribution in [2.45, 2.75) is 25.7 Å². The number of rotatable bonds is 8. The van der Waals surface area contributed by atoms with Crippen LogP contribution < -0.4 is 9.80 Å². The normalized spacial score (nSPS) is 13.0. The summed E-state index contributed by atoms with van der Waals surface area (Å²) in [4.78, 5) is 4.80. The van der Waals surface area contributed by atoms with Crippen molar-refractivity contribution in [3.8, 4) is 22.3 Å². The number of hydrogen-bond acceptors (Lipinski definition) is 2. The van der Waals surface area contributed by atoms with Crippen LogP contribution in [0.25, 0.3) is 44.2 Å². The van der Waals surface area contributed by atoms with Gasteiger partial charge in [-0.2, -0.15) is 0 Å². The number of para-hydroxylation sites is 2. The average molecular weight is 769 g/mol. The van der Waals surface area contributed by atoms with Crippen LogP contribution in [0.15, 0.2) is 218 Å². The average Bonchev–Trinajstić information content (AvgIpc) is 3.32. The molecule has 2 nitrogen and oxygen atoms in total. The van der Waals surface area contributed by atoms with Crippen molar-refractivity contribution in [1.82, 2.24) is 0 Å². The fourth-order valence-electron chi connectivity index (χ4n) is 9.51. The highest BCUT2D eigenvalue weighted by Gasteiger charge is 2.27. The molecule has 9 aromatic carbocycles. The van der Waals surface area contributed by atoms with Crippen LogP contribution in [-0.2, 0) is 12.8 Å². The van der Waals surface area contributed by atoms with E-state index in [-0.39, 0.29) is 0 Å². The van der Waals surface area contributed by atoms with Gasteiger partial charge in [0.1, 0.15) is 0 Å². The Kier molecular flexibility index (Phi) is 9.17. The monoisotopic (exact) mass is 768 g/mol. The Bertz CT molecular complexity index is 3000. The Balaban J connectivity index is 0.908. The zero-order valence-electron chi connectivity index (χ0n) is 33.5. The van der Waals surface area contributed by atoms with E-state index in [4.69, 9.17) is 0 Å². The number of nitrogens with zero attached hydrogens (tertiary/aromatic N) is 2. The minimum absolute atomic E-state index is 1.02. The highest BCUT2D eigenvalue weighted by atomic mass is 15.1. The Hall–Kier alpha value is -7.42. The second-order valence-corrected chi connectivity index (χ2v) is 16.0. The summed E-state index contributed by atoms with van der Waals surface area (Å²) in [6.07, 6.45) is 4.15. The number of allylic oxidation sites excluding steroid dienone is 2. The Morgan fingerprint density at radius 3 is 1.15 bits per heavy atom. The van der Waals surface area contributed by atoms with Gasteiger partial charge >= 0.3 is 0 Å². The van der Waals surface area contributed by atoms with E-state index in [1.54, 1.807) is 0 Å². The summed E-state index contributed by atoms with van der Waals surface area (Å²) >= 11 is 0. The van der Waals surface area contributed by atoms with Crippen molar-refractivity contribution in [1.29, 1.82) is 0 Å². The second-order valence-electron chi connectivity index (χ2n) is 16.0. The third kappa shape index (κ3) is 6.67. The molecule has 0 atom stereocenters. The summed E-state index contributed by atoms with van der Waals surface area (Å²) in [6, 6.07) is 79.8. The molecule has 0 aromatic heterocycles. The number of anilines is 6. The van der Waals surface area contributed by atoms with E-state index >= 15 is 0 Å². The minimum Gasteiger partial charge on any atom is -0.310 e. The molecule has 9 aromatic rings. The largest absolute Gasteiger partial charge is 0.310 e. The van der Waals surface area contributed by atoms with E-state index < -0.39 is 0 Å². The summed E-state index contributed by atoms with van der Waals surface area (Å²) in [5.74, 6) is 0. The van der Waals surface area contributed by atoms with E-state index in [2.05, 4.69) is 228 Å². The summed E-state index contributed by atoms with van der Waals surface area (Å²) in [6.45, 7) is 0. The van der Waals surface area contributed by atoms with Crippen molar-refractivity contribution >= 4 is 56.0 Å². The van der Waals surface area contributed by atoms with Crippen LogP contribution in [0.2, 0.25) is 0 Å². The van der Waals surface area contributed by atoms with Crippen LogP contribution in [0.4, 0.5) is 34.1 Å². The first kappa shape index (κ1) is 35.7. The first-order valence-electron chi connectivity index (χ1n) is 21.2. The first-order valence-corrected chi connectivity index (χ1v) is 21.2. The summed E-state index contributed by atoms with van der Waals surface area (Å²) in [5.41, 5.74) is 20.7. The molecule has 0 saturated carbocycles.